The number of hydrogen-bond donors (Lipinski definition) is 0. The van der Waals surface area contributed by atoms with Crippen LogP contribution >= 0.6 is 0 Å². The van der Waals surface area contributed by atoms with E-state index < -0.39 is 0 Å². The molecule has 1 heterocycles. The second kappa shape index (κ2) is 6.23. The van der Waals surface area contributed by atoms with Gasteiger partial charge in [-0.2, -0.15) is 0 Å². The number of benzene rings is 4. The summed E-state index contributed by atoms with van der Waals surface area (Å²) in [5.74, 6) is 0. The normalized spacial score (nSPS) is 13.2. The third-order valence-electron chi connectivity index (χ3n) is 4.90. The summed E-state index contributed by atoms with van der Waals surface area (Å²) in [7, 11) is 0. The van der Waals surface area contributed by atoms with Gasteiger partial charge in [0.15, 0.2) is 6.17 Å². The van der Waals surface area contributed by atoms with Crippen LogP contribution in [0.25, 0.3) is 10.8 Å². The van der Waals surface area contributed by atoms with Gasteiger partial charge in [0, 0.05) is 0 Å². The molecule has 5 rings (SSSR count). The van der Waals surface area contributed by atoms with Crippen LogP contribution in [0.15, 0.2) is 101 Å². The number of fused-ring (bicyclic) bond motifs is 2. The van der Waals surface area contributed by atoms with Gasteiger partial charge in [0.2, 0.25) is 0 Å². The van der Waals surface area contributed by atoms with Crippen LogP contribution in [-0.2, 0) is 6.42 Å². The van der Waals surface area contributed by atoms with E-state index in [0.717, 1.165) is 22.7 Å². The van der Waals surface area contributed by atoms with E-state index in [0.29, 0.717) is 0 Å². The van der Waals surface area contributed by atoms with Gasteiger partial charge in [0.25, 0.3) is 0 Å². The molecular formula is C24H18N2. The second-order valence-electron chi connectivity index (χ2n) is 6.72. The van der Waals surface area contributed by atoms with Crippen molar-refractivity contribution in [3.05, 3.63) is 118 Å². The molecule has 4 aromatic carbocycles. The lowest BCUT2D eigenvalue weighted by Crippen LogP contribution is -2.19. The van der Waals surface area contributed by atoms with Gasteiger partial charge in [-0.3, -0.25) is 9.98 Å². The van der Waals surface area contributed by atoms with E-state index in [-0.39, 0.29) is 6.17 Å². The van der Waals surface area contributed by atoms with Crippen LogP contribution < -0.4 is 10.7 Å². The summed E-state index contributed by atoms with van der Waals surface area (Å²) in [5.41, 5.74) is 3.78. The van der Waals surface area contributed by atoms with Crippen LogP contribution in [0.1, 0.15) is 22.9 Å². The highest BCUT2D eigenvalue weighted by atomic mass is 15.0. The number of rotatable bonds is 3. The minimum atomic E-state index is -0.109. The molecule has 1 aliphatic rings. The Morgan fingerprint density at radius 2 is 1.19 bits per heavy atom. The van der Waals surface area contributed by atoms with Gasteiger partial charge in [0.1, 0.15) is 0 Å². The number of hydrogen-bond acceptors (Lipinski definition) is 2. The minimum absolute atomic E-state index is 0.109. The Kier molecular flexibility index (Phi) is 3.60. The average Bonchev–Trinajstić information content (AvgIpc) is 3.13. The van der Waals surface area contributed by atoms with Gasteiger partial charge in [-0.1, -0.05) is 78.9 Å². The standard InChI is InChI=1S/C24H18N2/c1-2-6-21-16-18(11-12-19(21)5-1)15-17-9-13-20(14-10-17)24-25-22-7-3-4-8-23(22)26-24/h1-14,16,24H,15H2. The van der Waals surface area contributed by atoms with E-state index in [1.54, 1.807) is 0 Å². The van der Waals surface area contributed by atoms with Gasteiger partial charge in [0.05, 0.1) is 10.7 Å². The van der Waals surface area contributed by atoms with Crippen LogP contribution in [0.4, 0.5) is 0 Å². The van der Waals surface area contributed by atoms with Gasteiger partial charge in [-0.25, -0.2) is 0 Å². The maximum absolute atomic E-state index is 4.70. The fourth-order valence-corrected chi connectivity index (χ4v) is 3.52. The highest BCUT2D eigenvalue weighted by Crippen LogP contribution is 2.22. The smallest absolute Gasteiger partial charge is 0.166 e. The van der Waals surface area contributed by atoms with Crippen LogP contribution in [0, 0.1) is 0 Å². The zero-order chi connectivity index (χ0) is 17.3. The highest BCUT2D eigenvalue weighted by molar-refractivity contribution is 5.83. The molecule has 0 amide bonds. The van der Waals surface area contributed by atoms with E-state index in [9.17, 15) is 0 Å². The van der Waals surface area contributed by atoms with Gasteiger partial charge >= 0.3 is 0 Å². The molecule has 2 nitrogen and oxygen atoms in total. The predicted molar refractivity (Wildman–Crippen MR) is 105 cm³/mol. The molecule has 0 bridgehead atoms. The van der Waals surface area contributed by atoms with E-state index in [1.807, 2.05) is 24.3 Å². The molecule has 1 aliphatic heterocycles. The lowest BCUT2D eigenvalue weighted by Gasteiger charge is -2.08. The molecule has 0 N–H and O–H groups in total. The molecule has 0 atom stereocenters. The van der Waals surface area contributed by atoms with Crippen molar-refractivity contribution in [1.29, 1.82) is 0 Å². The third-order valence-corrected chi connectivity index (χ3v) is 4.90. The Labute approximate surface area is 152 Å². The first-order valence-corrected chi connectivity index (χ1v) is 8.92. The average molecular weight is 334 g/mol. The lowest BCUT2D eigenvalue weighted by atomic mass is 10.00. The summed E-state index contributed by atoms with van der Waals surface area (Å²) in [5, 5.41) is 4.55. The van der Waals surface area contributed by atoms with Crippen molar-refractivity contribution >= 4 is 10.8 Å². The molecule has 26 heavy (non-hydrogen) atoms. The molecule has 0 radical (unpaired) electrons. The monoisotopic (exact) mass is 334 g/mol. The molecule has 0 saturated heterocycles. The molecule has 0 aromatic heterocycles. The Bertz CT molecular complexity index is 1170. The van der Waals surface area contributed by atoms with Crippen LogP contribution in [0.2, 0.25) is 0 Å². The van der Waals surface area contributed by atoms with Crippen LogP contribution in [0.5, 0.6) is 0 Å². The maximum atomic E-state index is 4.70. The SMILES string of the molecule is c1ccc2c(c1)=NC(c1ccc(Cc3ccc4ccccc4c3)cc1)N=2. The van der Waals surface area contributed by atoms with E-state index in [2.05, 4.69) is 66.7 Å². The summed E-state index contributed by atoms with van der Waals surface area (Å²) >= 11 is 0. The summed E-state index contributed by atoms with van der Waals surface area (Å²) in [6, 6.07) is 31.9. The third kappa shape index (κ3) is 2.80. The molecule has 0 fully saturated rings. The van der Waals surface area contributed by atoms with Crippen molar-refractivity contribution in [3.63, 3.8) is 0 Å². The first-order valence-electron chi connectivity index (χ1n) is 8.92. The molecule has 0 spiro atoms. The Hall–Kier alpha value is -3.26. The van der Waals surface area contributed by atoms with Gasteiger partial charge in [-0.05, 0) is 46.0 Å². The summed E-state index contributed by atoms with van der Waals surface area (Å²) in [6.07, 6.45) is 0.826. The zero-order valence-corrected chi connectivity index (χ0v) is 14.3. The molecule has 0 saturated carbocycles. The predicted octanol–water partition coefficient (Wildman–Crippen LogP) is 4.38. The largest absolute Gasteiger partial charge is 0.252 e. The van der Waals surface area contributed by atoms with Crippen molar-refractivity contribution < 1.29 is 0 Å². The Morgan fingerprint density at radius 1 is 0.577 bits per heavy atom. The second-order valence-corrected chi connectivity index (χ2v) is 6.72. The fourth-order valence-electron chi connectivity index (χ4n) is 3.52. The van der Waals surface area contributed by atoms with Crippen LogP contribution in [0.3, 0.4) is 0 Å². The molecule has 0 aliphatic carbocycles. The first-order chi connectivity index (χ1) is 12.8. The molecule has 4 aromatic rings. The first kappa shape index (κ1) is 15.0. The molecule has 2 heteroatoms. The van der Waals surface area contributed by atoms with Crippen molar-refractivity contribution in [1.82, 2.24) is 0 Å². The lowest BCUT2D eigenvalue weighted by molar-refractivity contribution is 0.770. The van der Waals surface area contributed by atoms with E-state index in [4.69, 9.17) is 9.98 Å². The zero-order valence-electron chi connectivity index (χ0n) is 14.3. The van der Waals surface area contributed by atoms with Gasteiger partial charge in [-0.15, -0.1) is 0 Å². The van der Waals surface area contributed by atoms with E-state index in [1.165, 1.54) is 21.9 Å². The Morgan fingerprint density at radius 3 is 1.92 bits per heavy atom. The minimum Gasteiger partial charge on any atom is -0.252 e. The van der Waals surface area contributed by atoms with Crippen molar-refractivity contribution in [3.8, 4) is 0 Å². The Balaban J connectivity index is 1.39. The number of nitrogens with zero attached hydrogens (tertiary/aromatic N) is 2. The highest BCUT2D eigenvalue weighted by Gasteiger charge is 2.12. The van der Waals surface area contributed by atoms with Gasteiger partial charge < -0.3 is 0 Å². The molecule has 0 unspecified atom stereocenters. The van der Waals surface area contributed by atoms with Crippen molar-refractivity contribution in [2.24, 2.45) is 9.98 Å². The topological polar surface area (TPSA) is 24.7 Å². The summed E-state index contributed by atoms with van der Waals surface area (Å²) in [6.45, 7) is 0. The molecular weight excluding hydrogens is 316 g/mol. The van der Waals surface area contributed by atoms with Crippen LogP contribution in [-0.4, -0.2) is 0 Å². The van der Waals surface area contributed by atoms with Crippen molar-refractivity contribution in [2.45, 2.75) is 12.6 Å². The summed E-state index contributed by atoms with van der Waals surface area (Å²) < 4.78 is 0. The van der Waals surface area contributed by atoms with E-state index >= 15 is 0 Å². The maximum Gasteiger partial charge on any atom is 0.166 e. The summed E-state index contributed by atoms with van der Waals surface area (Å²) in [4.78, 5) is 9.41. The fraction of sp³-hybridized carbons (Fsp3) is 0.0833. The molecule has 124 valence electrons. The van der Waals surface area contributed by atoms with Crippen molar-refractivity contribution in [2.75, 3.05) is 0 Å². The quantitative estimate of drug-likeness (QED) is 0.531. The number of para-hydroxylation sites is 2.